The number of aromatic hydroxyl groups is 1. The van der Waals surface area contributed by atoms with Crippen LogP contribution in [0.5, 0.6) is 5.75 Å². The highest BCUT2D eigenvalue weighted by molar-refractivity contribution is 6.02. The van der Waals surface area contributed by atoms with Crippen molar-refractivity contribution in [2.24, 2.45) is 5.10 Å². The van der Waals surface area contributed by atoms with Gasteiger partial charge in [-0.25, -0.2) is 0 Å². The first-order valence-electron chi connectivity index (χ1n) is 6.90. The predicted octanol–water partition coefficient (Wildman–Crippen LogP) is 3.90. The lowest BCUT2D eigenvalue weighted by atomic mass is 10.0. The Bertz CT molecular complexity index is 906. The van der Waals surface area contributed by atoms with E-state index in [9.17, 15) is 15.2 Å². The standard InChI is InChI=1S/C17H13N3O3/c21-17-10-9-12-5-1-2-6-13(12)14(17)11-18-19-15-7-3-4-8-16(15)20(22)23/h1-11,19,21H. The number of rotatable bonds is 4. The quantitative estimate of drug-likeness (QED) is 0.434. The first-order chi connectivity index (χ1) is 11.2. The number of hydrogen-bond donors (Lipinski definition) is 2. The van der Waals surface area contributed by atoms with Gasteiger partial charge in [-0.05, 0) is 22.9 Å². The van der Waals surface area contributed by atoms with E-state index in [1.54, 1.807) is 24.3 Å². The molecule has 3 rings (SSSR count). The van der Waals surface area contributed by atoms with Crippen LogP contribution in [0.4, 0.5) is 11.4 Å². The van der Waals surface area contributed by atoms with E-state index in [0.717, 1.165) is 10.8 Å². The minimum Gasteiger partial charge on any atom is -0.507 e. The number of benzene rings is 3. The van der Waals surface area contributed by atoms with Crippen molar-refractivity contribution < 1.29 is 10.0 Å². The van der Waals surface area contributed by atoms with E-state index < -0.39 is 4.92 Å². The smallest absolute Gasteiger partial charge is 0.294 e. The van der Waals surface area contributed by atoms with Gasteiger partial charge in [0.15, 0.2) is 0 Å². The molecule has 0 heterocycles. The highest BCUT2D eigenvalue weighted by Crippen LogP contribution is 2.26. The third-order valence-corrected chi connectivity index (χ3v) is 3.43. The highest BCUT2D eigenvalue weighted by atomic mass is 16.6. The molecule has 0 fully saturated rings. The Balaban J connectivity index is 1.93. The van der Waals surface area contributed by atoms with E-state index in [1.807, 2.05) is 30.3 Å². The summed E-state index contributed by atoms with van der Waals surface area (Å²) < 4.78 is 0. The summed E-state index contributed by atoms with van der Waals surface area (Å²) >= 11 is 0. The average Bonchev–Trinajstić information content (AvgIpc) is 2.57. The van der Waals surface area contributed by atoms with Crippen LogP contribution in [0.3, 0.4) is 0 Å². The normalized spacial score (nSPS) is 11.0. The minimum atomic E-state index is -0.479. The SMILES string of the molecule is O=[N+]([O-])c1ccccc1NN=Cc1c(O)ccc2ccccc12. The molecule has 0 spiro atoms. The molecule has 0 bridgehead atoms. The van der Waals surface area contributed by atoms with Gasteiger partial charge in [0, 0.05) is 11.6 Å². The molecule has 6 heteroatoms. The van der Waals surface area contributed by atoms with Crippen LogP contribution in [0.25, 0.3) is 10.8 Å². The molecule has 114 valence electrons. The van der Waals surface area contributed by atoms with Gasteiger partial charge in [-0.1, -0.05) is 42.5 Å². The Hall–Kier alpha value is -3.41. The molecule has 0 aromatic heterocycles. The molecule has 3 aromatic rings. The Labute approximate surface area is 131 Å². The second-order valence-electron chi connectivity index (χ2n) is 4.86. The van der Waals surface area contributed by atoms with Crippen LogP contribution in [0.1, 0.15) is 5.56 Å². The van der Waals surface area contributed by atoms with E-state index in [1.165, 1.54) is 12.3 Å². The zero-order chi connectivity index (χ0) is 16.2. The van der Waals surface area contributed by atoms with Crippen molar-refractivity contribution in [2.75, 3.05) is 5.43 Å². The fourth-order valence-electron chi connectivity index (χ4n) is 2.31. The van der Waals surface area contributed by atoms with E-state index in [4.69, 9.17) is 0 Å². The van der Waals surface area contributed by atoms with Crippen LogP contribution in [0.15, 0.2) is 65.8 Å². The third kappa shape index (κ3) is 2.96. The summed E-state index contributed by atoms with van der Waals surface area (Å²) in [6, 6.07) is 17.2. The molecule has 0 aliphatic heterocycles. The van der Waals surface area contributed by atoms with Crippen molar-refractivity contribution in [1.82, 2.24) is 0 Å². The summed E-state index contributed by atoms with van der Waals surface area (Å²) in [5.74, 6) is 0.0943. The van der Waals surface area contributed by atoms with E-state index in [2.05, 4.69) is 10.5 Å². The molecule has 0 radical (unpaired) electrons. The summed E-state index contributed by atoms with van der Waals surface area (Å²) in [6.07, 6.45) is 1.45. The van der Waals surface area contributed by atoms with Gasteiger partial charge in [0.05, 0.1) is 11.1 Å². The summed E-state index contributed by atoms with van der Waals surface area (Å²) in [5.41, 5.74) is 3.42. The van der Waals surface area contributed by atoms with Gasteiger partial charge >= 0.3 is 0 Å². The molecule has 0 aliphatic rings. The number of hydrogen-bond acceptors (Lipinski definition) is 5. The van der Waals surface area contributed by atoms with Gasteiger partial charge in [-0.15, -0.1) is 0 Å². The molecule has 0 unspecified atom stereocenters. The van der Waals surface area contributed by atoms with Crippen LogP contribution in [0.2, 0.25) is 0 Å². The second kappa shape index (κ2) is 6.15. The van der Waals surface area contributed by atoms with Crippen LogP contribution in [-0.2, 0) is 0 Å². The molecule has 0 atom stereocenters. The van der Waals surface area contributed by atoms with E-state index >= 15 is 0 Å². The molecule has 3 aromatic carbocycles. The highest BCUT2D eigenvalue weighted by Gasteiger charge is 2.11. The van der Waals surface area contributed by atoms with Crippen LogP contribution >= 0.6 is 0 Å². The number of nitro benzene ring substituents is 1. The first kappa shape index (κ1) is 14.5. The number of para-hydroxylation sites is 2. The molecule has 0 saturated heterocycles. The number of nitrogens with one attached hydrogen (secondary N) is 1. The zero-order valence-electron chi connectivity index (χ0n) is 12.0. The monoisotopic (exact) mass is 307 g/mol. The lowest BCUT2D eigenvalue weighted by Crippen LogP contribution is -1.97. The fourth-order valence-corrected chi connectivity index (χ4v) is 2.31. The Morgan fingerprint density at radius 2 is 1.78 bits per heavy atom. The van der Waals surface area contributed by atoms with Crippen molar-refractivity contribution in [2.45, 2.75) is 0 Å². The van der Waals surface area contributed by atoms with Crippen LogP contribution in [0, 0.1) is 10.1 Å². The zero-order valence-corrected chi connectivity index (χ0v) is 12.0. The maximum atomic E-state index is 11.0. The van der Waals surface area contributed by atoms with Crippen molar-refractivity contribution in [3.63, 3.8) is 0 Å². The lowest BCUT2D eigenvalue weighted by molar-refractivity contribution is -0.384. The number of phenolic OH excluding ortho intramolecular Hbond substituents is 1. The van der Waals surface area contributed by atoms with Crippen LogP contribution < -0.4 is 5.43 Å². The van der Waals surface area contributed by atoms with Crippen molar-refractivity contribution in [1.29, 1.82) is 0 Å². The Morgan fingerprint density at radius 1 is 1.04 bits per heavy atom. The van der Waals surface area contributed by atoms with Gasteiger partial charge in [-0.2, -0.15) is 5.10 Å². The summed E-state index contributed by atoms with van der Waals surface area (Å²) in [4.78, 5) is 10.5. The third-order valence-electron chi connectivity index (χ3n) is 3.43. The van der Waals surface area contributed by atoms with Gasteiger partial charge in [0.25, 0.3) is 5.69 Å². The Kier molecular flexibility index (Phi) is 3.88. The van der Waals surface area contributed by atoms with Crippen molar-refractivity contribution in [3.8, 4) is 5.75 Å². The second-order valence-corrected chi connectivity index (χ2v) is 4.86. The van der Waals surface area contributed by atoms with Crippen LogP contribution in [-0.4, -0.2) is 16.2 Å². The summed E-state index contributed by atoms with van der Waals surface area (Å²) in [6.45, 7) is 0. The maximum Gasteiger partial charge on any atom is 0.294 e. The van der Waals surface area contributed by atoms with Gasteiger partial charge in [0.1, 0.15) is 11.4 Å². The number of hydrazone groups is 1. The Morgan fingerprint density at radius 3 is 2.61 bits per heavy atom. The van der Waals surface area contributed by atoms with E-state index in [0.29, 0.717) is 5.56 Å². The lowest BCUT2D eigenvalue weighted by Gasteiger charge is -2.05. The van der Waals surface area contributed by atoms with Crippen molar-refractivity contribution in [3.05, 3.63) is 76.3 Å². The number of nitro groups is 1. The summed E-state index contributed by atoms with van der Waals surface area (Å²) in [5, 5.41) is 26.8. The number of fused-ring (bicyclic) bond motifs is 1. The minimum absolute atomic E-state index is 0.0632. The number of phenols is 1. The van der Waals surface area contributed by atoms with Gasteiger partial charge < -0.3 is 5.11 Å². The number of nitrogens with zero attached hydrogens (tertiary/aromatic N) is 2. The largest absolute Gasteiger partial charge is 0.507 e. The topological polar surface area (TPSA) is 87.8 Å². The van der Waals surface area contributed by atoms with Gasteiger partial charge in [-0.3, -0.25) is 15.5 Å². The molecular weight excluding hydrogens is 294 g/mol. The number of anilines is 1. The molecule has 0 aliphatic carbocycles. The van der Waals surface area contributed by atoms with E-state index in [-0.39, 0.29) is 17.1 Å². The summed E-state index contributed by atoms with van der Waals surface area (Å²) in [7, 11) is 0. The molecule has 6 nitrogen and oxygen atoms in total. The fraction of sp³-hybridized carbons (Fsp3) is 0. The molecular formula is C17H13N3O3. The average molecular weight is 307 g/mol. The van der Waals surface area contributed by atoms with Gasteiger partial charge in [0.2, 0.25) is 0 Å². The maximum absolute atomic E-state index is 11.0. The molecule has 0 saturated carbocycles. The molecule has 0 amide bonds. The molecule has 23 heavy (non-hydrogen) atoms. The molecule has 2 N–H and O–H groups in total. The van der Waals surface area contributed by atoms with Crippen molar-refractivity contribution >= 4 is 28.4 Å². The predicted molar refractivity (Wildman–Crippen MR) is 89.9 cm³/mol. The first-order valence-corrected chi connectivity index (χ1v) is 6.90.